The highest BCUT2D eigenvalue weighted by molar-refractivity contribution is 5.98. The zero-order valence-corrected chi connectivity index (χ0v) is 11.1. The maximum atomic E-state index is 14.0. The molecule has 1 unspecified atom stereocenters. The van der Waals surface area contributed by atoms with Gasteiger partial charge in [0.15, 0.2) is 5.82 Å². The molecule has 21 heavy (non-hydrogen) atoms. The Morgan fingerprint density at radius 2 is 2.38 bits per heavy atom. The van der Waals surface area contributed by atoms with Crippen molar-refractivity contribution in [1.29, 1.82) is 0 Å². The molecule has 2 heterocycles. The Morgan fingerprint density at radius 3 is 3.00 bits per heavy atom. The Balaban J connectivity index is 1.78. The van der Waals surface area contributed by atoms with E-state index in [4.69, 9.17) is 10.5 Å². The van der Waals surface area contributed by atoms with E-state index in [9.17, 15) is 9.18 Å². The fraction of sp³-hybridized carbons (Fsp3) is 0.308. The van der Waals surface area contributed by atoms with E-state index in [1.165, 1.54) is 29.5 Å². The van der Waals surface area contributed by atoms with Crippen molar-refractivity contribution in [2.24, 2.45) is 5.73 Å². The van der Waals surface area contributed by atoms with Crippen LogP contribution in [0.4, 0.5) is 10.1 Å². The third-order valence-electron chi connectivity index (χ3n) is 3.38. The predicted molar refractivity (Wildman–Crippen MR) is 72.3 cm³/mol. The van der Waals surface area contributed by atoms with E-state index in [2.05, 4.69) is 15.4 Å². The summed E-state index contributed by atoms with van der Waals surface area (Å²) in [5.41, 5.74) is 5.47. The van der Waals surface area contributed by atoms with Crippen molar-refractivity contribution in [3.8, 4) is 5.69 Å². The number of rotatable bonds is 3. The average molecular weight is 291 g/mol. The van der Waals surface area contributed by atoms with Crippen molar-refractivity contribution in [1.82, 2.24) is 14.8 Å². The molecule has 1 aliphatic heterocycles. The molecule has 1 saturated heterocycles. The minimum absolute atomic E-state index is 0.165. The Hall–Kier alpha value is -2.32. The summed E-state index contributed by atoms with van der Waals surface area (Å²) in [5.74, 6) is -0.903. The Morgan fingerprint density at radius 1 is 1.52 bits per heavy atom. The van der Waals surface area contributed by atoms with E-state index < -0.39 is 11.4 Å². The number of anilines is 1. The van der Waals surface area contributed by atoms with Crippen molar-refractivity contribution in [3.05, 3.63) is 36.7 Å². The van der Waals surface area contributed by atoms with E-state index in [1.807, 2.05) is 0 Å². The van der Waals surface area contributed by atoms with Gasteiger partial charge in [0.25, 0.3) is 0 Å². The Bertz CT molecular complexity index is 653. The molecule has 8 heteroatoms. The average Bonchev–Trinajstić information content (AvgIpc) is 3.11. The molecule has 7 nitrogen and oxygen atoms in total. The first-order chi connectivity index (χ1) is 10.1. The standard InChI is InChI=1S/C13H14FN5O2/c14-10-5-9(1-2-11(10)19-8-16-7-17-19)18-12(20)13(15)3-4-21-6-13/h1-2,5,7-8H,3-4,6,15H2,(H,18,20). The minimum atomic E-state index is -1.05. The summed E-state index contributed by atoms with van der Waals surface area (Å²) >= 11 is 0. The summed E-state index contributed by atoms with van der Waals surface area (Å²) in [5, 5.41) is 6.46. The SMILES string of the molecule is NC1(C(=O)Nc2ccc(-n3cncn3)c(F)c2)CCOC1. The molecule has 0 aliphatic carbocycles. The number of carbonyl (C=O) groups excluding carboxylic acids is 1. The van der Waals surface area contributed by atoms with Crippen molar-refractivity contribution >= 4 is 11.6 Å². The smallest absolute Gasteiger partial charge is 0.246 e. The third-order valence-corrected chi connectivity index (χ3v) is 3.38. The molecule has 1 amide bonds. The molecular weight excluding hydrogens is 277 g/mol. The van der Waals surface area contributed by atoms with Gasteiger partial charge in [-0.1, -0.05) is 0 Å². The molecule has 3 rings (SSSR count). The summed E-state index contributed by atoms with van der Waals surface area (Å²) in [4.78, 5) is 15.9. The molecule has 1 fully saturated rings. The predicted octanol–water partition coefficient (Wildman–Crippen LogP) is 0.463. The van der Waals surface area contributed by atoms with Gasteiger partial charge in [-0.25, -0.2) is 14.1 Å². The number of amides is 1. The van der Waals surface area contributed by atoms with Crippen LogP contribution < -0.4 is 11.1 Å². The van der Waals surface area contributed by atoms with Gasteiger partial charge in [0.1, 0.15) is 23.9 Å². The second kappa shape index (κ2) is 5.23. The highest BCUT2D eigenvalue weighted by atomic mass is 19.1. The monoisotopic (exact) mass is 291 g/mol. The lowest BCUT2D eigenvalue weighted by Gasteiger charge is -2.20. The zero-order chi connectivity index (χ0) is 14.9. The van der Waals surface area contributed by atoms with Gasteiger partial charge in [0.05, 0.1) is 6.61 Å². The van der Waals surface area contributed by atoms with E-state index in [-0.39, 0.29) is 18.2 Å². The molecular formula is C13H14FN5O2. The van der Waals surface area contributed by atoms with Crippen molar-refractivity contribution in [2.75, 3.05) is 18.5 Å². The second-order valence-electron chi connectivity index (χ2n) is 4.92. The van der Waals surface area contributed by atoms with Gasteiger partial charge >= 0.3 is 0 Å². The van der Waals surface area contributed by atoms with E-state index in [1.54, 1.807) is 6.07 Å². The van der Waals surface area contributed by atoms with Gasteiger partial charge in [-0.15, -0.1) is 0 Å². The van der Waals surface area contributed by atoms with Crippen LogP contribution in [0, 0.1) is 5.82 Å². The molecule has 0 saturated carbocycles. The second-order valence-corrected chi connectivity index (χ2v) is 4.92. The molecule has 2 aromatic rings. The van der Waals surface area contributed by atoms with Gasteiger partial charge in [-0.3, -0.25) is 4.79 Å². The lowest BCUT2D eigenvalue weighted by atomic mass is 9.99. The molecule has 0 spiro atoms. The van der Waals surface area contributed by atoms with Crippen molar-refractivity contribution in [2.45, 2.75) is 12.0 Å². The number of carbonyl (C=O) groups is 1. The van der Waals surface area contributed by atoms with Gasteiger partial charge in [0.2, 0.25) is 5.91 Å². The molecule has 1 aromatic heterocycles. The van der Waals surface area contributed by atoms with Gasteiger partial charge in [0, 0.05) is 12.3 Å². The van der Waals surface area contributed by atoms with Crippen LogP contribution in [0.3, 0.4) is 0 Å². The molecule has 0 radical (unpaired) electrons. The fourth-order valence-electron chi connectivity index (χ4n) is 2.12. The lowest BCUT2D eigenvalue weighted by Crippen LogP contribution is -2.51. The molecule has 1 aliphatic rings. The van der Waals surface area contributed by atoms with Crippen LogP contribution in [-0.2, 0) is 9.53 Å². The topological polar surface area (TPSA) is 95.1 Å². The third kappa shape index (κ3) is 2.63. The number of aromatic nitrogens is 3. The van der Waals surface area contributed by atoms with Crippen LogP contribution in [-0.4, -0.2) is 39.4 Å². The van der Waals surface area contributed by atoms with E-state index in [0.29, 0.717) is 18.7 Å². The van der Waals surface area contributed by atoms with Crippen molar-refractivity contribution < 1.29 is 13.9 Å². The molecule has 3 N–H and O–H groups in total. The summed E-state index contributed by atoms with van der Waals surface area (Å²) in [6.07, 6.45) is 3.15. The first kappa shape index (κ1) is 13.7. The highest BCUT2D eigenvalue weighted by Crippen LogP contribution is 2.21. The summed E-state index contributed by atoms with van der Waals surface area (Å²) in [7, 11) is 0. The van der Waals surface area contributed by atoms with Crippen LogP contribution in [0.5, 0.6) is 0 Å². The minimum Gasteiger partial charge on any atom is -0.379 e. The van der Waals surface area contributed by atoms with Crippen molar-refractivity contribution in [3.63, 3.8) is 0 Å². The number of nitrogens with one attached hydrogen (secondary N) is 1. The Labute approximate surface area is 119 Å². The largest absolute Gasteiger partial charge is 0.379 e. The fourth-order valence-corrected chi connectivity index (χ4v) is 2.12. The van der Waals surface area contributed by atoms with E-state index in [0.717, 1.165) is 0 Å². The summed E-state index contributed by atoms with van der Waals surface area (Å²) in [6.45, 7) is 0.613. The van der Waals surface area contributed by atoms with E-state index >= 15 is 0 Å². The molecule has 110 valence electrons. The van der Waals surface area contributed by atoms with Gasteiger partial charge in [-0.2, -0.15) is 5.10 Å². The quantitative estimate of drug-likeness (QED) is 0.856. The molecule has 1 atom stereocenters. The van der Waals surface area contributed by atoms with Gasteiger partial charge < -0.3 is 15.8 Å². The number of hydrogen-bond acceptors (Lipinski definition) is 5. The van der Waals surface area contributed by atoms with Crippen LogP contribution in [0.1, 0.15) is 6.42 Å². The number of halogens is 1. The first-order valence-electron chi connectivity index (χ1n) is 6.41. The molecule has 1 aromatic carbocycles. The highest BCUT2D eigenvalue weighted by Gasteiger charge is 2.38. The number of nitrogens with zero attached hydrogens (tertiary/aromatic N) is 3. The normalized spacial score (nSPS) is 21.4. The van der Waals surface area contributed by atoms with Crippen LogP contribution in [0.25, 0.3) is 5.69 Å². The Kier molecular flexibility index (Phi) is 3.40. The zero-order valence-electron chi connectivity index (χ0n) is 11.1. The summed E-state index contributed by atoms with van der Waals surface area (Å²) in [6, 6.07) is 4.30. The van der Waals surface area contributed by atoms with Crippen LogP contribution in [0.2, 0.25) is 0 Å². The van der Waals surface area contributed by atoms with Crippen LogP contribution >= 0.6 is 0 Å². The maximum Gasteiger partial charge on any atom is 0.246 e. The first-order valence-corrected chi connectivity index (χ1v) is 6.41. The number of ether oxygens (including phenoxy) is 1. The lowest BCUT2D eigenvalue weighted by molar-refractivity contribution is -0.121. The summed E-state index contributed by atoms with van der Waals surface area (Å²) < 4.78 is 20.5. The maximum absolute atomic E-state index is 14.0. The number of benzene rings is 1. The molecule has 0 bridgehead atoms. The number of nitrogens with two attached hydrogens (primary N) is 1. The van der Waals surface area contributed by atoms with Gasteiger partial charge in [-0.05, 0) is 24.6 Å². The van der Waals surface area contributed by atoms with Crippen LogP contribution in [0.15, 0.2) is 30.9 Å². The number of hydrogen-bond donors (Lipinski definition) is 2.